The van der Waals surface area contributed by atoms with Gasteiger partial charge in [0, 0.05) is 4.88 Å². The monoisotopic (exact) mass is 292 g/mol. The van der Waals surface area contributed by atoms with E-state index in [1.807, 2.05) is 31.4 Å². The highest BCUT2D eigenvalue weighted by atomic mass is 32.1. The van der Waals surface area contributed by atoms with E-state index >= 15 is 0 Å². The third-order valence-electron chi connectivity index (χ3n) is 3.24. The molecule has 1 unspecified atom stereocenters. The first-order chi connectivity index (χ1) is 9.50. The summed E-state index contributed by atoms with van der Waals surface area (Å²) in [5.74, 6) is -0.475. The molecule has 0 spiro atoms. The first-order valence-electron chi connectivity index (χ1n) is 6.17. The predicted octanol–water partition coefficient (Wildman–Crippen LogP) is 2.91. The number of ether oxygens (including phenoxy) is 1. The van der Waals surface area contributed by atoms with Crippen LogP contribution in [-0.2, 0) is 4.79 Å². The van der Waals surface area contributed by atoms with Crippen molar-refractivity contribution >= 4 is 17.3 Å². The van der Waals surface area contributed by atoms with E-state index in [1.165, 1.54) is 11.3 Å². The zero-order valence-electron chi connectivity index (χ0n) is 11.3. The highest BCUT2D eigenvalue weighted by molar-refractivity contribution is 7.10. The van der Waals surface area contributed by atoms with Gasteiger partial charge in [-0.3, -0.25) is 0 Å². The van der Waals surface area contributed by atoms with E-state index in [0.717, 1.165) is 21.6 Å². The number of rotatable bonds is 5. The molecule has 1 aromatic carbocycles. The molecule has 1 atom stereocenters. The molecule has 20 heavy (non-hydrogen) atoms. The van der Waals surface area contributed by atoms with Crippen LogP contribution in [0.3, 0.4) is 0 Å². The van der Waals surface area contributed by atoms with E-state index in [4.69, 9.17) is 9.84 Å². The Labute approximate surface area is 121 Å². The van der Waals surface area contributed by atoms with Crippen LogP contribution in [0.1, 0.15) is 27.7 Å². The van der Waals surface area contributed by atoms with Crippen molar-refractivity contribution in [3.8, 4) is 5.75 Å². The van der Waals surface area contributed by atoms with Gasteiger partial charge in [-0.2, -0.15) is 0 Å². The normalized spacial score (nSPS) is 12.2. The molecule has 4 nitrogen and oxygen atoms in total. The second-order valence-corrected chi connectivity index (χ2v) is 5.48. The minimum Gasteiger partial charge on any atom is -0.482 e. The Kier molecular flexibility index (Phi) is 4.42. The zero-order valence-corrected chi connectivity index (χ0v) is 12.1. The molecule has 106 valence electrons. The number of benzene rings is 1. The molecule has 2 aromatic rings. The number of hydrogen-bond donors (Lipinski definition) is 2. The lowest BCUT2D eigenvalue weighted by atomic mass is 9.97. The molecular weight excluding hydrogens is 276 g/mol. The average molecular weight is 292 g/mol. The van der Waals surface area contributed by atoms with E-state index in [-0.39, 0.29) is 6.61 Å². The Morgan fingerprint density at radius 2 is 2.05 bits per heavy atom. The molecule has 0 radical (unpaired) electrons. The lowest BCUT2D eigenvalue weighted by molar-refractivity contribution is -0.139. The Bertz CT molecular complexity index is 605. The summed E-state index contributed by atoms with van der Waals surface area (Å²) in [4.78, 5) is 11.4. The summed E-state index contributed by atoms with van der Waals surface area (Å²) in [7, 11) is 0. The molecule has 0 aliphatic rings. The van der Waals surface area contributed by atoms with E-state index in [1.54, 1.807) is 12.1 Å². The number of carbonyl (C=O) groups is 1. The summed E-state index contributed by atoms with van der Waals surface area (Å²) in [6.07, 6.45) is -0.665. The Balaban J connectivity index is 2.28. The van der Waals surface area contributed by atoms with Crippen molar-refractivity contribution in [2.75, 3.05) is 6.61 Å². The van der Waals surface area contributed by atoms with E-state index in [9.17, 15) is 9.90 Å². The molecule has 0 saturated carbocycles. The minimum atomic E-state index is -1.01. The molecule has 5 heteroatoms. The summed E-state index contributed by atoms with van der Waals surface area (Å²) in [6, 6.07) is 7.27. The van der Waals surface area contributed by atoms with Crippen molar-refractivity contribution in [3.05, 3.63) is 51.2 Å². The number of thiophene rings is 1. The quantitative estimate of drug-likeness (QED) is 0.889. The summed E-state index contributed by atoms with van der Waals surface area (Å²) in [5, 5.41) is 20.9. The fourth-order valence-corrected chi connectivity index (χ4v) is 2.74. The summed E-state index contributed by atoms with van der Waals surface area (Å²) >= 11 is 1.50. The van der Waals surface area contributed by atoms with Crippen LogP contribution in [0.25, 0.3) is 0 Å². The topological polar surface area (TPSA) is 66.8 Å². The van der Waals surface area contributed by atoms with Gasteiger partial charge in [0.15, 0.2) is 6.61 Å². The van der Waals surface area contributed by atoms with Gasteiger partial charge in [-0.15, -0.1) is 11.3 Å². The number of carboxylic acid groups (broad SMARTS) is 1. The number of aliphatic hydroxyl groups excluding tert-OH is 1. The third kappa shape index (κ3) is 3.00. The van der Waals surface area contributed by atoms with E-state index in [0.29, 0.717) is 5.75 Å². The molecular formula is C15H16O4S. The molecule has 0 fully saturated rings. The summed E-state index contributed by atoms with van der Waals surface area (Å²) in [5.41, 5.74) is 2.57. The van der Waals surface area contributed by atoms with Gasteiger partial charge in [0.1, 0.15) is 11.9 Å². The molecule has 0 saturated heterocycles. The van der Waals surface area contributed by atoms with Gasteiger partial charge in [-0.1, -0.05) is 12.1 Å². The fraction of sp³-hybridized carbons (Fsp3) is 0.267. The highest BCUT2D eigenvalue weighted by Gasteiger charge is 2.17. The largest absolute Gasteiger partial charge is 0.482 e. The highest BCUT2D eigenvalue weighted by Crippen LogP contribution is 2.32. The van der Waals surface area contributed by atoms with Crippen LogP contribution in [0.2, 0.25) is 0 Å². The lowest BCUT2D eigenvalue weighted by Gasteiger charge is -2.17. The molecule has 0 aliphatic carbocycles. The SMILES string of the molecule is Cc1c(OCC(=O)O)ccc(C(O)c2cccs2)c1C. The maximum atomic E-state index is 10.5. The number of aliphatic hydroxyl groups is 1. The second-order valence-electron chi connectivity index (χ2n) is 4.50. The van der Waals surface area contributed by atoms with Gasteiger partial charge in [0.25, 0.3) is 0 Å². The van der Waals surface area contributed by atoms with Crippen molar-refractivity contribution in [2.24, 2.45) is 0 Å². The lowest BCUT2D eigenvalue weighted by Crippen LogP contribution is -2.11. The Morgan fingerprint density at radius 1 is 1.30 bits per heavy atom. The Morgan fingerprint density at radius 3 is 2.65 bits per heavy atom. The van der Waals surface area contributed by atoms with Gasteiger partial charge in [-0.25, -0.2) is 4.79 Å². The molecule has 0 bridgehead atoms. The first-order valence-corrected chi connectivity index (χ1v) is 7.05. The summed E-state index contributed by atoms with van der Waals surface area (Å²) < 4.78 is 5.23. The van der Waals surface area contributed by atoms with Crippen molar-refractivity contribution in [2.45, 2.75) is 20.0 Å². The van der Waals surface area contributed by atoms with Crippen molar-refractivity contribution in [3.63, 3.8) is 0 Å². The van der Waals surface area contributed by atoms with Gasteiger partial charge in [0.05, 0.1) is 0 Å². The molecule has 0 aliphatic heterocycles. The number of carboxylic acids is 1. The fourth-order valence-electron chi connectivity index (χ4n) is 2.01. The van der Waals surface area contributed by atoms with Crippen LogP contribution in [0.15, 0.2) is 29.6 Å². The van der Waals surface area contributed by atoms with Crippen molar-refractivity contribution in [1.82, 2.24) is 0 Å². The van der Waals surface area contributed by atoms with Gasteiger partial charge < -0.3 is 14.9 Å². The van der Waals surface area contributed by atoms with Crippen LogP contribution in [0.5, 0.6) is 5.75 Å². The second kappa shape index (κ2) is 6.07. The van der Waals surface area contributed by atoms with Gasteiger partial charge in [-0.05, 0) is 48.1 Å². The van der Waals surface area contributed by atoms with Gasteiger partial charge in [0.2, 0.25) is 0 Å². The number of aliphatic carboxylic acids is 1. The molecule has 2 rings (SSSR count). The van der Waals surface area contributed by atoms with Gasteiger partial charge >= 0.3 is 5.97 Å². The molecule has 2 N–H and O–H groups in total. The van der Waals surface area contributed by atoms with Crippen LogP contribution in [0, 0.1) is 13.8 Å². The molecule has 0 amide bonds. The maximum absolute atomic E-state index is 10.5. The van der Waals surface area contributed by atoms with Crippen molar-refractivity contribution < 1.29 is 19.7 Å². The summed E-state index contributed by atoms with van der Waals surface area (Å²) in [6.45, 7) is 3.39. The average Bonchev–Trinajstić information content (AvgIpc) is 2.93. The van der Waals surface area contributed by atoms with Crippen LogP contribution in [0.4, 0.5) is 0 Å². The molecule has 1 aromatic heterocycles. The number of hydrogen-bond acceptors (Lipinski definition) is 4. The third-order valence-corrected chi connectivity index (χ3v) is 4.16. The zero-order chi connectivity index (χ0) is 14.7. The van der Waals surface area contributed by atoms with Crippen LogP contribution in [-0.4, -0.2) is 22.8 Å². The minimum absolute atomic E-state index is 0.368. The van der Waals surface area contributed by atoms with Crippen LogP contribution >= 0.6 is 11.3 Å². The van der Waals surface area contributed by atoms with Crippen molar-refractivity contribution in [1.29, 1.82) is 0 Å². The smallest absolute Gasteiger partial charge is 0.341 e. The maximum Gasteiger partial charge on any atom is 0.341 e. The van der Waals surface area contributed by atoms with E-state index in [2.05, 4.69) is 0 Å². The first kappa shape index (κ1) is 14.6. The predicted molar refractivity (Wildman–Crippen MR) is 77.4 cm³/mol. The van der Waals surface area contributed by atoms with Crippen LogP contribution < -0.4 is 4.74 Å². The molecule has 1 heterocycles. The standard InChI is InChI=1S/C15H16O4S/c1-9-10(2)12(19-8-14(16)17)6-5-11(9)15(18)13-4-3-7-20-13/h3-7,15,18H,8H2,1-2H3,(H,16,17). The van der Waals surface area contributed by atoms with E-state index < -0.39 is 12.1 Å². The Hall–Kier alpha value is -1.85.